The molecule has 0 N–H and O–H groups in total. The number of nitrogens with zero attached hydrogens (tertiary/aromatic N) is 2. The number of benzene rings is 2. The molecule has 3 nitrogen and oxygen atoms in total. The first-order valence-electron chi connectivity index (χ1n) is 7.35. The molecule has 3 rings (SSSR count). The van der Waals surface area contributed by atoms with E-state index in [1.165, 1.54) is 12.1 Å². The zero-order valence-electron chi connectivity index (χ0n) is 12.5. The molecule has 2 aromatic rings. The molecule has 2 aromatic carbocycles. The van der Waals surface area contributed by atoms with E-state index in [0.717, 1.165) is 17.3 Å². The molecule has 0 aromatic heterocycles. The lowest BCUT2D eigenvalue weighted by Gasteiger charge is -2.12. The molecule has 6 heteroatoms. The smallest absolute Gasteiger partial charge is 0.391 e. The van der Waals surface area contributed by atoms with Gasteiger partial charge in [-0.1, -0.05) is 41.6 Å². The first-order valence-corrected chi connectivity index (χ1v) is 7.35. The molecular formula is C18H13F3N2O. The van der Waals surface area contributed by atoms with Gasteiger partial charge in [0, 0.05) is 12.8 Å². The van der Waals surface area contributed by atoms with Crippen LogP contribution in [0.4, 0.5) is 13.2 Å². The number of oxime groups is 1. The van der Waals surface area contributed by atoms with Crippen LogP contribution >= 0.6 is 0 Å². The first-order chi connectivity index (χ1) is 11.5. The van der Waals surface area contributed by atoms with Gasteiger partial charge in [0.15, 0.2) is 0 Å². The van der Waals surface area contributed by atoms with Gasteiger partial charge in [0.05, 0.1) is 22.9 Å². The van der Waals surface area contributed by atoms with Gasteiger partial charge in [-0.15, -0.1) is 0 Å². The molecule has 0 fully saturated rings. The number of nitriles is 1. The maximum Gasteiger partial charge on any atom is 0.417 e. The maximum atomic E-state index is 13.0. The Balaban J connectivity index is 1.73. The number of hydrogen-bond acceptors (Lipinski definition) is 3. The molecule has 0 bridgehead atoms. The van der Waals surface area contributed by atoms with Gasteiger partial charge in [0.1, 0.15) is 6.10 Å². The Morgan fingerprint density at radius 1 is 1.17 bits per heavy atom. The van der Waals surface area contributed by atoms with Gasteiger partial charge in [0.2, 0.25) is 0 Å². The fourth-order valence-corrected chi connectivity index (χ4v) is 2.65. The molecule has 1 atom stereocenters. The molecule has 0 amide bonds. The van der Waals surface area contributed by atoms with Crippen molar-refractivity contribution in [2.45, 2.75) is 25.1 Å². The van der Waals surface area contributed by atoms with Crippen molar-refractivity contribution in [3.63, 3.8) is 0 Å². The molecule has 0 aliphatic carbocycles. The highest BCUT2D eigenvalue weighted by atomic mass is 19.4. The predicted molar refractivity (Wildman–Crippen MR) is 82.3 cm³/mol. The number of halogens is 3. The summed E-state index contributed by atoms with van der Waals surface area (Å²) in [5, 5.41) is 12.9. The number of alkyl halides is 3. The lowest BCUT2D eigenvalue weighted by molar-refractivity contribution is -0.137. The van der Waals surface area contributed by atoms with Crippen molar-refractivity contribution in [3.05, 3.63) is 70.8 Å². The monoisotopic (exact) mass is 330 g/mol. The van der Waals surface area contributed by atoms with Crippen molar-refractivity contribution in [2.75, 3.05) is 0 Å². The van der Waals surface area contributed by atoms with Crippen molar-refractivity contribution in [2.24, 2.45) is 5.16 Å². The van der Waals surface area contributed by atoms with E-state index in [1.54, 1.807) is 6.07 Å². The SMILES string of the molecule is N#Cc1ccc(CC2CC(c3ccccc3)=NO2)cc1C(F)(F)F. The van der Waals surface area contributed by atoms with Gasteiger partial charge < -0.3 is 4.84 Å². The van der Waals surface area contributed by atoms with Crippen molar-refractivity contribution >= 4 is 5.71 Å². The maximum absolute atomic E-state index is 13.0. The van der Waals surface area contributed by atoms with Crippen LogP contribution in [0.2, 0.25) is 0 Å². The standard InChI is InChI=1S/C18H13F3N2O/c19-18(20,21)16-9-12(6-7-14(16)11-22)8-15-10-17(23-24-15)13-4-2-1-3-5-13/h1-7,9,15H,8,10H2. The molecule has 24 heavy (non-hydrogen) atoms. The highest BCUT2D eigenvalue weighted by Crippen LogP contribution is 2.33. The predicted octanol–water partition coefficient (Wildman–Crippen LogP) is 4.31. The van der Waals surface area contributed by atoms with Gasteiger partial charge in [0.25, 0.3) is 0 Å². The van der Waals surface area contributed by atoms with E-state index < -0.39 is 11.7 Å². The van der Waals surface area contributed by atoms with Crippen LogP contribution < -0.4 is 0 Å². The summed E-state index contributed by atoms with van der Waals surface area (Å²) < 4.78 is 39.0. The molecule has 0 radical (unpaired) electrons. The third-order valence-corrected chi connectivity index (χ3v) is 3.81. The topological polar surface area (TPSA) is 45.4 Å². The molecule has 1 unspecified atom stereocenters. The second kappa shape index (κ2) is 6.36. The van der Waals surface area contributed by atoms with Crippen LogP contribution in [0.3, 0.4) is 0 Å². The van der Waals surface area contributed by atoms with Gasteiger partial charge in [-0.2, -0.15) is 18.4 Å². The quantitative estimate of drug-likeness (QED) is 0.842. The van der Waals surface area contributed by atoms with Crippen molar-refractivity contribution in [3.8, 4) is 6.07 Å². The van der Waals surface area contributed by atoms with Crippen LogP contribution in [0.15, 0.2) is 53.7 Å². The summed E-state index contributed by atoms with van der Waals surface area (Å²) >= 11 is 0. The largest absolute Gasteiger partial charge is 0.417 e. The summed E-state index contributed by atoms with van der Waals surface area (Å²) in [6, 6.07) is 14.8. The second-order valence-corrected chi connectivity index (χ2v) is 5.53. The molecular weight excluding hydrogens is 317 g/mol. The van der Waals surface area contributed by atoms with E-state index in [1.807, 2.05) is 30.3 Å². The molecule has 1 aliphatic heterocycles. The normalized spacial score (nSPS) is 17.1. The third kappa shape index (κ3) is 3.40. The number of rotatable bonds is 3. The number of hydrogen-bond donors (Lipinski definition) is 0. The van der Waals surface area contributed by atoms with E-state index in [-0.39, 0.29) is 11.7 Å². The Bertz CT molecular complexity index is 807. The summed E-state index contributed by atoms with van der Waals surface area (Å²) in [5.74, 6) is 0. The van der Waals surface area contributed by atoms with Crippen LogP contribution in [0, 0.1) is 11.3 Å². The van der Waals surface area contributed by atoms with Crippen LogP contribution in [0.1, 0.15) is 28.7 Å². The Hall–Kier alpha value is -2.81. The molecule has 0 saturated heterocycles. The Kier molecular flexibility index (Phi) is 4.26. The minimum atomic E-state index is -4.55. The van der Waals surface area contributed by atoms with Crippen molar-refractivity contribution < 1.29 is 18.0 Å². The zero-order chi connectivity index (χ0) is 17.2. The van der Waals surface area contributed by atoms with Gasteiger partial charge >= 0.3 is 6.18 Å². The average Bonchev–Trinajstić information content (AvgIpc) is 3.03. The molecule has 0 saturated carbocycles. The van der Waals surface area contributed by atoms with E-state index in [0.29, 0.717) is 18.4 Å². The van der Waals surface area contributed by atoms with E-state index in [4.69, 9.17) is 10.1 Å². The van der Waals surface area contributed by atoms with Gasteiger partial charge in [-0.3, -0.25) is 0 Å². The molecule has 122 valence electrons. The highest BCUT2D eigenvalue weighted by molar-refractivity contribution is 6.01. The van der Waals surface area contributed by atoms with Crippen LogP contribution in [0.5, 0.6) is 0 Å². The van der Waals surface area contributed by atoms with Gasteiger partial charge in [-0.25, -0.2) is 0 Å². The van der Waals surface area contributed by atoms with Crippen molar-refractivity contribution in [1.29, 1.82) is 5.26 Å². The van der Waals surface area contributed by atoms with Crippen molar-refractivity contribution in [1.82, 2.24) is 0 Å². The third-order valence-electron chi connectivity index (χ3n) is 3.81. The highest BCUT2D eigenvalue weighted by Gasteiger charge is 2.34. The Labute approximate surface area is 137 Å². The summed E-state index contributed by atoms with van der Waals surface area (Å²) in [4.78, 5) is 5.35. The minimum absolute atomic E-state index is 0.300. The average molecular weight is 330 g/mol. The van der Waals surface area contributed by atoms with Gasteiger partial charge in [-0.05, 0) is 23.3 Å². The Morgan fingerprint density at radius 3 is 2.58 bits per heavy atom. The van der Waals surface area contributed by atoms with Crippen LogP contribution in [0.25, 0.3) is 0 Å². The van der Waals surface area contributed by atoms with E-state index in [9.17, 15) is 13.2 Å². The van der Waals surface area contributed by atoms with Crippen LogP contribution in [-0.4, -0.2) is 11.8 Å². The minimum Gasteiger partial charge on any atom is -0.391 e. The van der Waals surface area contributed by atoms with Crippen LogP contribution in [-0.2, 0) is 17.4 Å². The molecule has 0 spiro atoms. The van der Waals surface area contributed by atoms with E-state index in [2.05, 4.69) is 5.16 Å². The first kappa shape index (κ1) is 16.1. The summed E-state index contributed by atoms with van der Waals surface area (Å²) in [5.41, 5.74) is 0.904. The lowest BCUT2D eigenvalue weighted by atomic mass is 9.97. The molecule has 1 aliphatic rings. The fourth-order valence-electron chi connectivity index (χ4n) is 2.65. The zero-order valence-corrected chi connectivity index (χ0v) is 12.5. The fraction of sp³-hybridized carbons (Fsp3) is 0.222. The summed E-state index contributed by atoms with van der Waals surface area (Å²) in [7, 11) is 0. The summed E-state index contributed by atoms with van der Waals surface area (Å²) in [6.45, 7) is 0. The summed E-state index contributed by atoms with van der Waals surface area (Å²) in [6.07, 6.45) is -4.03. The molecule has 1 heterocycles. The lowest BCUT2D eigenvalue weighted by Crippen LogP contribution is -2.14. The van der Waals surface area contributed by atoms with E-state index >= 15 is 0 Å². The Morgan fingerprint density at radius 2 is 1.92 bits per heavy atom. The second-order valence-electron chi connectivity index (χ2n) is 5.53.